The maximum Gasteiger partial charge on any atom is 0.291 e. The number of carbonyl (C=O) groups excluding carboxylic acids is 1. The van der Waals surface area contributed by atoms with Gasteiger partial charge in [0.1, 0.15) is 5.75 Å². The molecular weight excluding hydrogens is 510 g/mol. The molecular formula is C18H13Br2N5O4. The van der Waals surface area contributed by atoms with Gasteiger partial charge in [0.25, 0.3) is 11.6 Å². The van der Waals surface area contributed by atoms with E-state index in [-0.39, 0.29) is 17.1 Å². The number of hydrogen-bond donors (Lipinski definition) is 2. The second-order valence-electron chi connectivity index (χ2n) is 5.85. The van der Waals surface area contributed by atoms with E-state index in [9.17, 15) is 20.0 Å². The fraction of sp³-hybridized carbons (Fsp3) is 0.0556. The minimum Gasteiger partial charge on any atom is -0.506 e. The molecule has 9 nitrogen and oxygen atoms in total. The van der Waals surface area contributed by atoms with E-state index in [1.807, 2.05) is 0 Å². The maximum atomic E-state index is 12.2. The molecule has 0 spiro atoms. The van der Waals surface area contributed by atoms with Crippen molar-refractivity contribution in [3.8, 4) is 5.75 Å². The number of rotatable bonds is 6. The SMILES string of the molecule is O=C(N/N=C/c1cc(Br)cc(Br)c1O)c1ccn(Cc2ccc([N+](=O)[O-])cc2)n1. The number of non-ortho nitro benzene ring substituents is 1. The highest BCUT2D eigenvalue weighted by molar-refractivity contribution is 9.11. The van der Waals surface area contributed by atoms with Crippen molar-refractivity contribution in [2.24, 2.45) is 5.10 Å². The number of halogens is 2. The molecule has 0 aliphatic rings. The number of benzene rings is 2. The zero-order chi connectivity index (χ0) is 21.0. The molecule has 0 unspecified atom stereocenters. The van der Waals surface area contributed by atoms with Crippen molar-refractivity contribution in [1.82, 2.24) is 15.2 Å². The summed E-state index contributed by atoms with van der Waals surface area (Å²) in [5.41, 5.74) is 3.73. The summed E-state index contributed by atoms with van der Waals surface area (Å²) in [7, 11) is 0. The summed E-state index contributed by atoms with van der Waals surface area (Å²) in [6.45, 7) is 0.356. The van der Waals surface area contributed by atoms with Crippen molar-refractivity contribution in [2.45, 2.75) is 6.54 Å². The summed E-state index contributed by atoms with van der Waals surface area (Å²) in [6, 6.07) is 11.0. The van der Waals surface area contributed by atoms with Crippen LogP contribution in [0, 0.1) is 10.1 Å². The van der Waals surface area contributed by atoms with Gasteiger partial charge in [0.2, 0.25) is 0 Å². The van der Waals surface area contributed by atoms with Crippen LogP contribution in [0.2, 0.25) is 0 Å². The summed E-state index contributed by atoms with van der Waals surface area (Å²) >= 11 is 6.53. The molecule has 1 amide bonds. The number of hydrogen-bond acceptors (Lipinski definition) is 6. The standard InChI is InChI=1S/C18H13Br2N5O4/c19-13-7-12(17(26)15(20)8-13)9-21-22-18(27)16-5-6-24(23-16)10-11-1-3-14(4-2-11)25(28)29/h1-9,26H,10H2,(H,22,27)/b21-9+. The third-order valence-electron chi connectivity index (χ3n) is 3.79. The van der Waals surface area contributed by atoms with Gasteiger partial charge < -0.3 is 5.11 Å². The van der Waals surface area contributed by atoms with Crippen molar-refractivity contribution in [1.29, 1.82) is 0 Å². The third-order valence-corrected chi connectivity index (χ3v) is 4.85. The molecule has 3 aromatic rings. The zero-order valence-electron chi connectivity index (χ0n) is 14.6. The lowest BCUT2D eigenvalue weighted by molar-refractivity contribution is -0.384. The van der Waals surface area contributed by atoms with Crippen LogP contribution in [0.25, 0.3) is 0 Å². The van der Waals surface area contributed by atoms with Gasteiger partial charge in [-0.1, -0.05) is 28.1 Å². The summed E-state index contributed by atoms with van der Waals surface area (Å²) in [5, 5.41) is 28.7. The van der Waals surface area contributed by atoms with E-state index in [0.717, 1.165) is 10.0 Å². The van der Waals surface area contributed by atoms with Crippen molar-refractivity contribution < 1.29 is 14.8 Å². The summed E-state index contributed by atoms with van der Waals surface area (Å²) in [6.07, 6.45) is 2.94. The Kier molecular flexibility index (Phi) is 6.39. The lowest BCUT2D eigenvalue weighted by atomic mass is 10.2. The highest BCUT2D eigenvalue weighted by Gasteiger charge is 2.10. The number of nitro benzene ring substituents is 1. The number of aromatic hydroxyl groups is 1. The molecule has 0 fully saturated rings. The van der Waals surface area contributed by atoms with Crippen LogP contribution in [0.4, 0.5) is 5.69 Å². The first kappa shape index (κ1) is 20.7. The molecule has 2 N–H and O–H groups in total. The van der Waals surface area contributed by atoms with Crippen molar-refractivity contribution in [3.63, 3.8) is 0 Å². The highest BCUT2D eigenvalue weighted by Crippen LogP contribution is 2.30. The highest BCUT2D eigenvalue weighted by atomic mass is 79.9. The number of nitro groups is 1. The molecule has 1 heterocycles. The van der Waals surface area contributed by atoms with Crippen LogP contribution < -0.4 is 5.43 Å². The van der Waals surface area contributed by atoms with Gasteiger partial charge >= 0.3 is 0 Å². The summed E-state index contributed by atoms with van der Waals surface area (Å²) in [5.74, 6) is -0.518. The van der Waals surface area contributed by atoms with Crippen molar-refractivity contribution in [3.05, 3.63) is 84.5 Å². The molecule has 0 saturated heterocycles. The predicted octanol–water partition coefficient (Wildman–Crippen LogP) is 3.83. The number of phenolic OH excluding ortho intramolecular Hbond substituents is 1. The molecule has 0 atom stereocenters. The first-order valence-electron chi connectivity index (χ1n) is 8.11. The molecule has 0 saturated carbocycles. The number of amides is 1. The summed E-state index contributed by atoms with van der Waals surface area (Å²) in [4.78, 5) is 22.4. The van der Waals surface area contributed by atoms with Gasteiger partial charge in [-0.25, -0.2) is 5.43 Å². The molecule has 0 aliphatic carbocycles. The minimum absolute atomic E-state index is 0.00132. The van der Waals surface area contributed by atoms with Crippen LogP contribution in [0.15, 0.2) is 62.7 Å². The zero-order valence-corrected chi connectivity index (χ0v) is 17.8. The number of nitrogens with one attached hydrogen (secondary N) is 1. The Morgan fingerprint density at radius 1 is 1.28 bits per heavy atom. The average Bonchev–Trinajstić information content (AvgIpc) is 3.14. The Balaban J connectivity index is 1.63. The normalized spacial score (nSPS) is 11.0. The molecule has 29 heavy (non-hydrogen) atoms. The van der Waals surface area contributed by atoms with E-state index in [1.54, 1.807) is 30.5 Å². The Morgan fingerprint density at radius 2 is 2.00 bits per heavy atom. The van der Waals surface area contributed by atoms with E-state index in [0.29, 0.717) is 16.6 Å². The summed E-state index contributed by atoms with van der Waals surface area (Å²) < 4.78 is 2.77. The van der Waals surface area contributed by atoms with Gasteiger partial charge in [0.05, 0.1) is 22.2 Å². The van der Waals surface area contributed by atoms with Crippen molar-refractivity contribution >= 4 is 49.7 Å². The fourth-order valence-electron chi connectivity index (χ4n) is 2.38. The Morgan fingerprint density at radius 3 is 2.69 bits per heavy atom. The Hall–Kier alpha value is -3.05. The van der Waals surface area contributed by atoms with Crippen LogP contribution in [0.5, 0.6) is 5.75 Å². The smallest absolute Gasteiger partial charge is 0.291 e. The minimum atomic E-state index is -0.516. The molecule has 1 aromatic heterocycles. The van der Waals surface area contributed by atoms with Crippen LogP contribution >= 0.6 is 31.9 Å². The van der Waals surface area contributed by atoms with Gasteiger partial charge in [-0.2, -0.15) is 10.2 Å². The lowest BCUT2D eigenvalue weighted by Crippen LogP contribution is -2.18. The van der Waals surface area contributed by atoms with Gasteiger partial charge in [-0.05, 0) is 39.7 Å². The van der Waals surface area contributed by atoms with E-state index < -0.39 is 10.8 Å². The number of nitrogens with zero attached hydrogens (tertiary/aromatic N) is 4. The van der Waals surface area contributed by atoms with Gasteiger partial charge in [-0.3, -0.25) is 19.6 Å². The molecule has 2 aromatic carbocycles. The molecule has 3 rings (SSSR count). The second kappa shape index (κ2) is 8.97. The first-order valence-corrected chi connectivity index (χ1v) is 9.70. The first-order chi connectivity index (χ1) is 13.8. The topological polar surface area (TPSA) is 123 Å². The lowest BCUT2D eigenvalue weighted by Gasteiger charge is -2.03. The molecule has 0 bridgehead atoms. The fourth-order valence-corrected chi connectivity index (χ4v) is 3.64. The van der Waals surface area contributed by atoms with Gasteiger partial charge in [-0.15, -0.1) is 0 Å². The van der Waals surface area contributed by atoms with E-state index in [1.165, 1.54) is 29.1 Å². The maximum absolute atomic E-state index is 12.2. The van der Waals surface area contributed by atoms with Crippen LogP contribution in [-0.4, -0.2) is 31.9 Å². The number of hydrazone groups is 1. The van der Waals surface area contributed by atoms with Crippen LogP contribution in [0.3, 0.4) is 0 Å². The van der Waals surface area contributed by atoms with Crippen LogP contribution in [0.1, 0.15) is 21.6 Å². The van der Waals surface area contributed by atoms with E-state index in [2.05, 4.69) is 47.5 Å². The largest absolute Gasteiger partial charge is 0.506 e. The monoisotopic (exact) mass is 521 g/mol. The number of carbonyl (C=O) groups is 1. The van der Waals surface area contributed by atoms with Crippen LogP contribution in [-0.2, 0) is 6.54 Å². The van der Waals surface area contributed by atoms with E-state index >= 15 is 0 Å². The number of phenols is 1. The second-order valence-corrected chi connectivity index (χ2v) is 7.62. The molecule has 148 valence electrons. The molecule has 0 aliphatic heterocycles. The number of aromatic nitrogens is 2. The molecule has 11 heteroatoms. The quantitative estimate of drug-likeness (QED) is 0.289. The van der Waals surface area contributed by atoms with Gasteiger partial charge in [0.15, 0.2) is 5.69 Å². The molecule has 0 radical (unpaired) electrons. The Labute approximate surface area is 181 Å². The van der Waals surface area contributed by atoms with E-state index in [4.69, 9.17) is 0 Å². The average molecular weight is 523 g/mol. The van der Waals surface area contributed by atoms with Gasteiger partial charge in [0, 0.05) is 28.4 Å². The Bertz CT molecular complexity index is 1100. The third kappa shape index (κ3) is 5.27. The predicted molar refractivity (Wildman–Crippen MR) is 113 cm³/mol. The van der Waals surface area contributed by atoms with Crippen molar-refractivity contribution in [2.75, 3.05) is 0 Å².